The Labute approximate surface area is 173 Å². The predicted octanol–water partition coefficient (Wildman–Crippen LogP) is 4.22. The maximum atomic E-state index is 13.2. The van der Waals surface area contributed by atoms with Gasteiger partial charge in [0.25, 0.3) is 0 Å². The van der Waals surface area contributed by atoms with E-state index in [1.54, 1.807) is 24.3 Å². The molecule has 0 saturated carbocycles. The van der Waals surface area contributed by atoms with E-state index in [0.29, 0.717) is 31.7 Å². The molecule has 1 amide bonds. The van der Waals surface area contributed by atoms with Gasteiger partial charge in [0, 0.05) is 31.5 Å². The van der Waals surface area contributed by atoms with E-state index in [9.17, 15) is 13.6 Å². The molecule has 5 nitrogen and oxygen atoms in total. The van der Waals surface area contributed by atoms with Crippen LogP contribution in [0.2, 0.25) is 0 Å². The van der Waals surface area contributed by atoms with Gasteiger partial charge in [-0.2, -0.15) is 5.10 Å². The number of nitrogens with one attached hydrogen (secondary N) is 1. The molecule has 0 aliphatic carbocycles. The molecule has 3 aromatic rings. The number of hydrogen-bond donors (Lipinski definition) is 1. The highest BCUT2D eigenvalue weighted by molar-refractivity contribution is 5.76. The quantitative estimate of drug-likeness (QED) is 0.634. The Kier molecular flexibility index (Phi) is 6.07. The van der Waals surface area contributed by atoms with Crippen molar-refractivity contribution in [1.29, 1.82) is 0 Å². The zero-order chi connectivity index (χ0) is 20.9. The molecule has 2 aromatic carbocycles. The summed E-state index contributed by atoms with van der Waals surface area (Å²) in [6.07, 6.45) is 1.87. The van der Waals surface area contributed by atoms with Gasteiger partial charge in [-0.25, -0.2) is 8.78 Å². The fraction of sp³-hybridized carbons (Fsp3) is 0.304. The molecule has 1 saturated heterocycles. The van der Waals surface area contributed by atoms with Crippen molar-refractivity contribution in [1.82, 2.24) is 15.1 Å². The van der Waals surface area contributed by atoms with Crippen LogP contribution < -0.4 is 4.74 Å². The molecule has 0 bridgehead atoms. The second-order valence-electron chi connectivity index (χ2n) is 7.52. The maximum absolute atomic E-state index is 13.2. The molecule has 2 heterocycles. The van der Waals surface area contributed by atoms with Gasteiger partial charge >= 0.3 is 0 Å². The first-order valence-corrected chi connectivity index (χ1v) is 10.0. The Bertz CT molecular complexity index is 1000. The summed E-state index contributed by atoms with van der Waals surface area (Å²) in [7, 11) is 0. The fourth-order valence-corrected chi connectivity index (χ4v) is 3.67. The minimum Gasteiger partial charge on any atom is -0.487 e. The summed E-state index contributed by atoms with van der Waals surface area (Å²) >= 11 is 0. The summed E-state index contributed by atoms with van der Waals surface area (Å²) in [5.41, 5.74) is 2.66. The summed E-state index contributed by atoms with van der Waals surface area (Å²) in [4.78, 5) is 14.4. The number of aromatic nitrogens is 2. The van der Waals surface area contributed by atoms with Crippen LogP contribution in [0.4, 0.5) is 8.78 Å². The summed E-state index contributed by atoms with van der Waals surface area (Å²) in [5, 5.41) is 7.33. The number of likely N-dealkylation sites (tertiary alicyclic amines) is 1. The van der Waals surface area contributed by atoms with Crippen LogP contribution in [0.15, 0.2) is 54.6 Å². The van der Waals surface area contributed by atoms with Gasteiger partial charge in [0.05, 0.1) is 11.4 Å². The molecule has 30 heavy (non-hydrogen) atoms. The highest BCUT2D eigenvalue weighted by atomic mass is 19.1. The third kappa shape index (κ3) is 5.03. The smallest absolute Gasteiger partial charge is 0.222 e. The van der Waals surface area contributed by atoms with Gasteiger partial charge in [-0.05, 0) is 48.7 Å². The van der Waals surface area contributed by atoms with Crippen LogP contribution in [0.5, 0.6) is 5.75 Å². The molecule has 4 rings (SSSR count). The Hall–Kier alpha value is -3.22. The van der Waals surface area contributed by atoms with Gasteiger partial charge in [-0.3, -0.25) is 9.89 Å². The van der Waals surface area contributed by atoms with Gasteiger partial charge in [-0.15, -0.1) is 0 Å². The lowest BCUT2D eigenvalue weighted by Crippen LogP contribution is -2.28. The largest absolute Gasteiger partial charge is 0.487 e. The zero-order valence-electron chi connectivity index (χ0n) is 16.5. The average molecular weight is 411 g/mol. The number of H-pyrrole nitrogens is 1. The van der Waals surface area contributed by atoms with Crippen molar-refractivity contribution in [3.8, 4) is 5.75 Å². The third-order valence-electron chi connectivity index (χ3n) is 5.34. The van der Waals surface area contributed by atoms with Crippen molar-refractivity contribution in [2.45, 2.75) is 31.8 Å². The Balaban J connectivity index is 1.26. The molecule has 1 aliphatic rings. The number of halogens is 2. The minimum atomic E-state index is -0.340. The lowest BCUT2D eigenvalue weighted by Gasteiger charge is -2.16. The van der Waals surface area contributed by atoms with Crippen LogP contribution in [0.3, 0.4) is 0 Å². The van der Waals surface area contributed by atoms with Crippen LogP contribution >= 0.6 is 0 Å². The fourth-order valence-electron chi connectivity index (χ4n) is 3.67. The molecule has 1 aliphatic heterocycles. The molecular weight excluding hydrogens is 388 g/mol. The van der Waals surface area contributed by atoms with Crippen LogP contribution in [0, 0.1) is 11.6 Å². The molecule has 1 atom stereocenters. The topological polar surface area (TPSA) is 58.2 Å². The van der Waals surface area contributed by atoms with Crippen molar-refractivity contribution in [3.63, 3.8) is 0 Å². The van der Waals surface area contributed by atoms with E-state index in [2.05, 4.69) is 10.2 Å². The SMILES string of the molecule is O=C(CCc1ccc(F)cc1)N1CCC(c2cc(COc3cccc(F)c3)[nH]n2)C1. The van der Waals surface area contributed by atoms with Crippen molar-refractivity contribution < 1.29 is 18.3 Å². The average Bonchev–Trinajstić information content (AvgIpc) is 3.41. The summed E-state index contributed by atoms with van der Waals surface area (Å²) in [6.45, 7) is 1.61. The molecule has 156 valence electrons. The number of rotatable bonds is 7. The van der Waals surface area contributed by atoms with E-state index < -0.39 is 0 Å². The Morgan fingerprint density at radius 1 is 1.13 bits per heavy atom. The second kappa shape index (κ2) is 9.07. The molecule has 1 fully saturated rings. The summed E-state index contributed by atoms with van der Waals surface area (Å²) in [5.74, 6) is 0.135. The van der Waals surface area contributed by atoms with E-state index in [1.807, 2.05) is 11.0 Å². The first-order chi connectivity index (χ1) is 14.6. The number of ether oxygens (including phenoxy) is 1. The van der Waals surface area contributed by atoms with Crippen LogP contribution in [0.1, 0.15) is 35.7 Å². The Morgan fingerprint density at radius 3 is 2.77 bits per heavy atom. The van der Waals surface area contributed by atoms with Crippen molar-refractivity contribution >= 4 is 5.91 Å². The number of amides is 1. The molecule has 1 N–H and O–H groups in total. The lowest BCUT2D eigenvalue weighted by atomic mass is 10.1. The number of hydrogen-bond acceptors (Lipinski definition) is 3. The first-order valence-electron chi connectivity index (χ1n) is 10.0. The van der Waals surface area contributed by atoms with Gasteiger partial charge < -0.3 is 9.64 Å². The maximum Gasteiger partial charge on any atom is 0.222 e. The van der Waals surface area contributed by atoms with E-state index >= 15 is 0 Å². The normalized spacial score (nSPS) is 16.1. The van der Waals surface area contributed by atoms with Crippen LogP contribution in [-0.4, -0.2) is 34.1 Å². The molecule has 1 aromatic heterocycles. The predicted molar refractivity (Wildman–Crippen MR) is 108 cm³/mol. The zero-order valence-corrected chi connectivity index (χ0v) is 16.5. The molecule has 1 unspecified atom stereocenters. The van der Waals surface area contributed by atoms with Gasteiger partial charge in [-0.1, -0.05) is 18.2 Å². The number of carbonyl (C=O) groups excluding carboxylic acids is 1. The monoisotopic (exact) mass is 411 g/mol. The number of aryl methyl sites for hydroxylation is 1. The van der Waals surface area contributed by atoms with Gasteiger partial charge in [0.2, 0.25) is 5.91 Å². The van der Waals surface area contributed by atoms with Crippen LogP contribution in [-0.2, 0) is 17.8 Å². The number of aromatic amines is 1. The van der Waals surface area contributed by atoms with E-state index in [-0.39, 0.29) is 30.1 Å². The molecule has 7 heteroatoms. The number of benzene rings is 2. The molecule has 0 radical (unpaired) electrons. The molecular formula is C23H23F2N3O2. The number of carbonyl (C=O) groups is 1. The van der Waals surface area contributed by atoms with Crippen molar-refractivity contribution in [3.05, 3.63) is 83.2 Å². The standard InChI is InChI=1S/C23H23F2N3O2/c24-18-7-4-16(5-8-18)6-9-23(29)28-11-10-17(14-28)22-13-20(26-27-22)15-30-21-3-1-2-19(25)12-21/h1-5,7-8,12-13,17H,6,9-11,14-15H2,(H,26,27). The molecule has 0 spiro atoms. The third-order valence-corrected chi connectivity index (χ3v) is 5.34. The summed E-state index contributed by atoms with van der Waals surface area (Å²) < 4.78 is 31.8. The van der Waals surface area contributed by atoms with Gasteiger partial charge in [0.15, 0.2) is 0 Å². The van der Waals surface area contributed by atoms with Crippen molar-refractivity contribution in [2.75, 3.05) is 13.1 Å². The van der Waals surface area contributed by atoms with E-state index in [4.69, 9.17) is 4.74 Å². The Morgan fingerprint density at radius 2 is 1.97 bits per heavy atom. The highest BCUT2D eigenvalue weighted by Crippen LogP contribution is 2.27. The van der Waals surface area contributed by atoms with Crippen LogP contribution in [0.25, 0.3) is 0 Å². The number of nitrogens with zero attached hydrogens (tertiary/aromatic N) is 2. The van der Waals surface area contributed by atoms with Crippen molar-refractivity contribution in [2.24, 2.45) is 0 Å². The second-order valence-corrected chi connectivity index (χ2v) is 7.52. The highest BCUT2D eigenvalue weighted by Gasteiger charge is 2.28. The lowest BCUT2D eigenvalue weighted by molar-refractivity contribution is -0.130. The summed E-state index contributed by atoms with van der Waals surface area (Å²) in [6, 6.07) is 14.2. The van der Waals surface area contributed by atoms with Gasteiger partial charge in [0.1, 0.15) is 24.0 Å². The minimum absolute atomic E-state index is 0.104. The van der Waals surface area contributed by atoms with E-state index in [1.165, 1.54) is 24.3 Å². The first kappa shape index (κ1) is 20.1. The van der Waals surface area contributed by atoms with E-state index in [0.717, 1.165) is 23.4 Å².